The first-order chi connectivity index (χ1) is 13.1. The number of pyridine rings is 1. The molecule has 3 aromatic rings. The van der Waals surface area contributed by atoms with E-state index in [2.05, 4.69) is 10.1 Å². The molecule has 0 fully saturated rings. The largest absolute Gasteiger partial charge is 0.329 e. The lowest BCUT2D eigenvalue weighted by molar-refractivity contribution is 0.589. The molecule has 0 aliphatic carbocycles. The van der Waals surface area contributed by atoms with Crippen molar-refractivity contribution in [2.45, 2.75) is 0 Å². The monoisotopic (exact) mass is 414 g/mol. The van der Waals surface area contributed by atoms with Gasteiger partial charge in [0.2, 0.25) is 7.29 Å². The van der Waals surface area contributed by atoms with Crippen molar-refractivity contribution in [3.05, 3.63) is 108 Å². The van der Waals surface area contributed by atoms with Crippen LogP contribution in [0.5, 0.6) is 0 Å². The molecule has 0 aliphatic heterocycles. The van der Waals surface area contributed by atoms with Crippen LogP contribution in [0.15, 0.2) is 96.8 Å². The SMILES string of the molecule is O=P(C=C(Cl)c1ccccc1)(/C=C(/Cl)c1ccccc1)Nc1cccnc1. The Labute approximate surface area is 168 Å². The number of rotatable bonds is 6. The van der Waals surface area contributed by atoms with E-state index in [-0.39, 0.29) is 0 Å². The normalized spacial score (nSPS) is 14.4. The predicted molar refractivity (Wildman–Crippen MR) is 116 cm³/mol. The van der Waals surface area contributed by atoms with E-state index in [0.29, 0.717) is 15.8 Å². The number of nitrogens with zero attached hydrogens (tertiary/aromatic N) is 1. The van der Waals surface area contributed by atoms with Crippen molar-refractivity contribution >= 4 is 46.2 Å². The number of benzene rings is 2. The number of anilines is 1. The van der Waals surface area contributed by atoms with E-state index in [1.54, 1.807) is 24.5 Å². The summed E-state index contributed by atoms with van der Waals surface area (Å²) in [6, 6.07) is 22.3. The fourth-order valence-corrected chi connectivity index (χ4v) is 5.25. The highest BCUT2D eigenvalue weighted by molar-refractivity contribution is 7.72. The Kier molecular flexibility index (Phi) is 6.52. The van der Waals surface area contributed by atoms with E-state index < -0.39 is 7.29 Å². The lowest BCUT2D eigenvalue weighted by atomic mass is 10.2. The summed E-state index contributed by atoms with van der Waals surface area (Å²) < 4.78 is 13.7. The molecule has 0 aliphatic rings. The van der Waals surface area contributed by atoms with Crippen LogP contribution in [0.1, 0.15) is 11.1 Å². The molecular weight excluding hydrogens is 398 g/mol. The van der Waals surface area contributed by atoms with Gasteiger partial charge in [-0.25, -0.2) is 0 Å². The molecule has 6 heteroatoms. The zero-order valence-corrected chi connectivity index (χ0v) is 16.7. The second kappa shape index (κ2) is 9.05. The van der Waals surface area contributed by atoms with Crippen LogP contribution in [0.4, 0.5) is 5.69 Å². The topological polar surface area (TPSA) is 42.0 Å². The first-order valence-corrected chi connectivity index (χ1v) is 10.8. The van der Waals surface area contributed by atoms with Crippen molar-refractivity contribution < 1.29 is 4.57 Å². The predicted octanol–water partition coefficient (Wildman–Crippen LogP) is 7.25. The second-order valence-corrected chi connectivity index (χ2v) is 8.72. The van der Waals surface area contributed by atoms with E-state index in [0.717, 1.165) is 11.1 Å². The molecule has 0 spiro atoms. The Hall–Kier alpha value is -2.32. The van der Waals surface area contributed by atoms with Crippen LogP contribution in [0.3, 0.4) is 0 Å². The maximum atomic E-state index is 13.7. The third-order valence-electron chi connectivity index (χ3n) is 3.67. The highest BCUT2D eigenvalue weighted by Crippen LogP contribution is 2.53. The highest BCUT2D eigenvalue weighted by Gasteiger charge is 2.19. The van der Waals surface area contributed by atoms with Gasteiger partial charge in [0.05, 0.1) is 21.9 Å². The van der Waals surface area contributed by atoms with Crippen molar-refractivity contribution in [1.29, 1.82) is 0 Å². The fraction of sp³-hybridized carbons (Fsp3) is 0. The van der Waals surface area contributed by atoms with E-state index in [1.165, 1.54) is 11.6 Å². The minimum absolute atomic E-state index is 0.379. The molecule has 1 heterocycles. The van der Waals surface area contributed by atoms with Gasteiger partial charge >= 0.3 is 0 Å². The minimum Gasteiger partial charge on any atom is -0.329 e. The lowest BCUT2D eigenvalue weighted by Crippen LogP contribution is -1.94. The van der Waals surface area contributed by atoms with Gasteiger partial charge in [-0.2, -0.15) is 0 Å². The average molecular weight is 415 g/mol. The molecule has 1 aromatic heterocycles. The van der Waals surface area contributed by atoms with Crippen LogP contribution in [0.2, 0.25) is 0 Å². The van der Waals surface area contributed by atoms with E-state index in [9.17, 15) is 4.57 Å². The van der Waals surface area contributed by atoms with Crippen molar-refractivity contribution in [1.82, 2.24) is 4.98 Å². The molecule has 136 valence electrons. The van der Waals surface area contributed by atoms with Crippen LogP contribution < -0.4 is 5.09 Å². The van der Waals surface area contributed by atoms with E-state index >= 15 is 0 Å². The van der Waals surface area contributed by atoms with Crippen LogP contribution >= 0.6 is 30.5 Å². The summed E-state index contributed by atoms with van der Waals surface area (Å²) in [4.78, 5) is 4.05. The molecule has 2 aromatic carbocycles. The van der Waals surface area contributed by atoms with Crippen LogP contribution in [0.25, 0.3) is 10.1 Å². The number of hydrogen-bond acceptors (Lipinski definition) is 2. The Morgan fingerprint density at radius 2 is 1.33 bits per heavy atom. The van der Waals surface area contributed by atoms with Gasteiger partial charge < -0.3 is 5.09 Å². The summed E-state index contributed by atoms with van der Waals surface area (Å²) >= 11 is 12.9. The number of halogens is 2. The number of aromatic nitrogens is 1. The molecule has 0 radical (unpaired) electrons. The molecule has 0 bridgehead atoms. The zero-order chi connectivity index (χ0) is 19.1. The fourth-order valence-electron chi connectivity index (χ4n) is 2.41. The molecule has 1 atom stereocenters. The van der Waals surface area contributed by atoms with Gasteiger partial charge in [-0.15, -0.1) is 0 Å². The molecule has 0 amide bonds. The van der Waals surface area contributed by atoms with Gasteiger partial charge in [0.25, 0.3) is 0 Å². The molecule has 0 saturated heterocycles. The average Bonchev–Trinajstić information content (AvgIpc) is 2.69. The minimum atomic E-state index is -3.26. The van der Waals surface area contributed by atoms with Crippen molar-refractivity contribution in [3.63, 3.8) is 0 Å². The summed E-state index contributed by atoms with van der Waals surface area (Å²) in [5.74, 6) is 3.03. The van der Waals surface area contributed by atoms with E-state index in [1.807, 2.05) is 60.7 Å². The Balaban J connectivity index is 2.02. The summed E-state index contributed by atoms with van der Waals surface area (Å²) in [5.41, 5.74) is 2.16. The standard InChI is InChI=1S/C21H17Cl2N2OP/c22-20(17-8-3-1-4-9-17)15-27(26,25-19-12-7-13-24-14-19)16-21(23)18-10-5-2-6-11-18/h1-16H,(H,25,26)/b20-15+,21-16?. The first kappa shape index (κ1) is 19.4. The van der Waals surface area contributed by atoms with Gasteiger partial charge in [0.15, 0.2) is 0 Å². The quantitative estimate of drug-likeness (QED) is 0.431. The summed E-state index contributed by atoms with van der Waals surface area (Å²) in [6.45, 7) is 0. The second-order valence-electron chi connectivity index (χ2n) is 5.75. The molecule has 3 rings (SSSR count). The highest BCUT2D eigenvalue weighted by atomic mass is 35.5. The Bertz CT molecular complexity index is 931. The molecular formula is C21H17Cl2N2OP. The number of nitrogens with one attached hydrogen (secondary N) is 1. The van der Waals surface area contributed by atoms with Crippen molar-refractivity contribution in [2.75, 3.05) is 5.09 Å². The number of hydrogen-bond donors (Lipinski definition) is 1. The summed E-state index contributed by atoms with van der Waals surface area (Å²) in [7, 11) is -3.26. The van der Waals surface area contributed by atoms with Crippen LogP contribution in [-0.4, -0.2) is 4.98 Å². The van der Waals surface area contributed by atoms with Crippen LogP contribution in [0, 0.1) is 0 Å². The van der Waals surface area contributed by atoms with Crippen molar-refractivity contribution in [2.24, 2.45) is 0 Å². The van der Waals surface area contributed by atoms with Gasteiger partial charge in [-0.3, -0.25) is 9.55 Å². The zero-order valence-electron chi connectivity index (χ0n) is 14.3. The van der Waals surface area contributed by atoms with Gasteiger partial charge in [0, 0.05) is 17.8 Å². The third kappa shape index (κ3) is 5.58. The van der Waals surface area contributed by atoms with Gasteiger partial charge in [0.1, 0.15) is 0 Å². The summed E-state index contributed by atoms with van der Waals surface area (Å²) in [6.07, 6.45) is 3.25. The first-order valence-electron chi connectivity index (χ1n) is 8.21. The van der Waals surface area contributed by atoms with E-state index in [4.69, 9.17) is 23.2 Å². The Morgan fingerprint density at radius 3 is 1.78 bits per heavy atom. The Morgan fingerprint density at radius 1 is 0.815 bits per heavy atom. The molecule has 27 heavy (non-hydrogen) atoms. The molecule has 1 unspecified atom stereocenters. The maximum absolute atomic E-state index is 13.7. The molecule has 0 saturated carbocycles. The van der Waals surface area contributed by atoms with Gasteiger partial charge in [-0.05, 0) is 23.3 Å². The molecule has 1 N–H and O–H groups in total. The molecule has 3 nitrogen and oxygen atoms in total. The lowest BCUT2D eigenvalue weighted by Gasteiger charge is -2.15. The van der Waals surface area contributed by atoms with Crippen LogP contribution in [-0.2, 0) is 4.57 Å². The van der Waals surface area contributed by atoms with Gasteiger partial charge in [-0.1, -0.05) is 83.9 Å². The third-order valence-corrected chi connectivity index (χ3v) is 6.52. The smallest absolute Gasteiger partial charge is 0.216 e. The van der Waals surface area contributed by atoms with Crippen molar-refractivity contribution in [3.8, 4) is 0 Å². The summed E-state index contributed by atoms with van der Waals surface area (Å²) in [5, 5.41) is 3.79. The maximum Gasteiger partial charge on any atom is 0.216 e.